The van der Waals surface area contributed by atoms with Crippen molar-refractivity contribution in [2.24, 2.45) is 5.41 Å². The number of benzene rings is 1. The molecule has 0 saturated carbocycles. The molecule has 0 spiro atoms. The Labute approximate surface area is 94.7 Å². The van der Waals surface area contributed by atoms with Gasteiger partial charge in [-0.05, 0) is 26.0 Å². The Kier molecular flexibility index (Phi) is 3.70. The number of carboxylic acid groups (broad SMARTS) is 1. The largest absolute Gasteiger partial charge is 0.481 e. The highest BCUT2D eigenvalue weighted by Crippen LogP contribution is 2.20. The second kappa shape index (κ2) is 4.82. The van der Waals surface area contributed by atoms with Crippen molar-refractivity contribution >= 4 is 5.97 Å². The molecular formula is C13H14O3. The van der Waals surface area contributed by atoms with Gasteiger partial charge in [0.05, 0.1) is 5.41 Å². The molecule has 0 bridgehead atoms. The number of carbonyl (C=O) groups is 1. The van der Waals surface area contributed by atoms with Gasteiger partial charge in [-0.1, -0.05) is 30.0 Å². The van der Waals surface area contributed by atoms with Crippen molar-refractivity contribution in [3.8, 4) is 11.8 Å². The molecule has 3 heteroatoms. The fourth-order valence-electron chi connectivity index (χ4n) is 0.971. The minimum Gasteiger partial charge on any atom is -0.481 e. The summed E-state index contributed by atoms with van der Waals surface area (Å²) in [5, 5.41) is 18.5. The SMILES string of the molecule is CC(C)(C(=O)O)C(O)C#Cc1ccccc1. The van der Waals surface area contributed by atoms with E-state index in [1.807, 2.05) is 18.2 Å². The third-order valence-electron chi connectivity index (χ3n) is 2.36. The Hall–Kier alpha value is -1.79. The van der Waals surface area contributed by atoms with Gasteiger partial charge in [-0.15, -0.1) is 0 Å². The molecule has 2 N–H and O–H groups in total. The number of aliphatic hydroxyl groups excluding tert-OH is 1. The third kappa shape index (κ3) is 2.85. The lowest BCUT2D eigenvalue weighted by molar-refractivity contribution is -0.151. The molecule has 0 saturated heterocycles. The zero-order valence-corrected chi connectivity index (χ0v) is 9.27. The minimum absolute atomic E-state index is 0.753. The summed E-state index contributed by atoms with van der Waals surface area (Å²) in [5.41, 5.74) is -0.510. The van der Waals surface area contributed by atoms with Crippen molar-refractivity contribution < 1.29 is 15.0 Å². The Balaban J connectivity index is 2.83. The van der Waals surface area contributed by atoms with E-state index in [4.69, 9.17) is 5.11 Å². The highest BCUT2D eigenvalue weighted by Gasteiger charge is 2.34. The number of carboxylic acids is 1. The lowest BCUT2D eigenvalue weighted by Gasteiger charge is -2.21. The smallest absolute Gasteiger partial charge is 0.312 e. The fourth-order valence-corrected chi connectivity index (χ4v) is 0.971. The normalized spacial score (nSPS) is 12.4. The molecule has 0 aliphatic carbocycles. The van der Waals surface area contributed by atoms with Gasteiger partial charge in [-0.2, -0.15) is 0 Å². The van der Waals surface area contributed by atoms with E-state index in [2.05, 4.69) is 11.8 Å². The van der Waals surface area contributed by atoms with Crippen LogP contribution >= 0.6 is 0 Å². The topological polar surface area (TPSA) is 57.5 Å². The maximum absolute atomic E-state index is 10.8. The molecule has 84 valence electrons. The summed E-state index contributed by atoms with van der Waals surface area (Å²) in [6.45, 7) is 2.89. The molecule has 0 amide bonds. The van der Waals surface area contributed by atoms with Gasteiger partial charge in [0.15, 0.2) is 0 Å². The second-order valence-electron chi connectivity index (χ2n) is 4.06. The quantitative estimate of drug-likeness (QED) is 0.740. The average molecular weight is 218 g/mol. The van der Waals surface area contributed by atoms with E-state index in [9.17, 15) is 9.90 Å². The van der Waals surface area contributed by atoms with E-state index in [1.54, 1.807) is 12.1 Å². The summed E-state index contributed by atoms with van der Waals surface area (Å²) >= 11 is 0. The highest BCUT2D eigenvalue weighted by molar-refractivity contribution is 5.75. The summed E-state index contributed by atoms with van der Waals surface area (Å²) in [7, 11) is 0. The first-order chi connectivity index (χ1) is 7.44. The molecular weight excluding hydrogens is 204 g/mol. The molecule has 0 aliphatic rings. The lowest BCUT2D eigenvalue weighted by atomic mass is 9.87. The number of hydrogen-bond acceptors (Lipinski definition) is 2. The van der Waals surface area contributed by atoms with Crippen LogP contribution in [0.25, 0.3) is 0 Å². The van der Waals surface area contributed by atoms with E-state index in [-0.39, 0.29) is 0 Å². The van der Waals surface area contributed by atoms with Crippen LogP contribution < -0.4 is 0 Å². The Morgan fingerprint density at radius 2 is 1.88 bits per heavy atom. The maximum atomic E-state index is 10.8. The van der Waals surface area contributed by atoms with Crippen molar-refractivity contribution in [1.82, 2.24) is 0 Å². The van der Waals surface area contributed by atoms with E-state index < -0.39 is 17.5 Å². The van der Waals surface area contributed by atoms with E-state index >= 15 is 0 Å². The van der Waals surface area contributed by atoms with E-state index in [1.165, 1.54) is 13.8 Å². The van der Waals surface area contributed by atoms with E-state index in [0.717, 1.165) is 5.56 Å². The van der Waals surface area contributed by atoms with E-state index in [0.29, 0.717) is 0 Å². The third-order valence-corrected chi connectivity index (χ3v) is 2.36. The summed E-state index contributed by atoms with van der Waals surface area (Å²) in [5.74, 6) is 4.22. The fraction of sp³-hybridized carbons (Fsp3) is 0.308. The Morgan fingerprint density at radius 1 is 1.31 bits per heavy atom. The standard InChI is InChI=1S/C13H14O3/c1-13(2,12(15)16)11(14)9-8-10-6-4-3-5-7-10/h3-7,11,14H,1-2H3,(H,15,16). The zero-order chi connectivity index (χ0) is 12.2. The molecule has 0 fully saturated rings. The summed E-state index contributed by atoms with van der Waals surface area (Å²) in [4.78, 5) is 10.8. The van der Waals surface area contributed by atoms with Gasteiger partial charge in [0.2, 0.25) is 0 Å². The molecule has 1 unspecified atom stereocenters. The second-order valence-corrected chi connectivity index (χ2v) is 4.06. The van der Waals surface area contributed by atoms with Crippen molar-refractivity contribution in [2.75, 3.05) is 0 Å². The summed E-state index contributed by atoms with van der Waals surface area (Å²) < 4.78 is 0. The first-order valence-corrected chi connectivity index (χ1v) is 4.92. The number of aliphatic carboxylic acids is 1. The molecule has 0 aromatic heterocycles. The average Bonchev–Trinajstić information content (AvgIpc) is 2.27. The number of rotatable bonds is 2. The maximum Gasteiger partial charge on any atom is 0.312 e. The molecule has 0 aliphatic heterocycles. The van der Waals surface area contributed by atoms with Crippen LogP contribution in [0, 0.1) is 17.3 Å². The molecule has 1 rings (SSSR count). The lowest BCUT2D eigenvalue weighted by Crippen LogP contribution is -2.36. The molecule has 0 heterocycles. The molecule has 1 atom stereocenters. The minimum atomic E-state index is -1.26. The van der Waals surface area contributed by atoms with Gasteiger partial charge in [0, 0.05) is 5.56 Å². The Bertz CT molecular complexity index is 423. The summed E-state index contributed by atoms with van der Waals surface area (Å²) in [6.07, 6.45) is -1.19. The zero-order valence-electron chi connectivity index (χ0n) is 9.27. The predicted molar refractivity (Wildman–Crippen MR) is 60.7 cm³/mol. The van der Waals surface area contributed by atoms with Crippen LogP contribution in [-0.2, 0) is 4.79 Å². The van der Waals surface area contributed by atoms with Crippen LogP contribution in [0.15, 0.2) is 30.3 Å². The number of hydrogen-bond donors (Lipinski definition) is 2. The van der Waals surface area contributed by atoms with Gasteiger partial charge < -0.3 is 10.2 Å². The van der Waals surface area contributed by atoms with Crippen molar-refractivity contribution in [1.29, 1.82) is 0 Å². The molecule has 1 aromatic carbocycles. The van der Waals surface area contributed by atoms with Gasteiger partial charge in [0.1, 0.15) is 6.10 Å². The van der Waals surface area contributed by atoms with Crippen LogP contribution in [0.1, 0.15) is 19.4 Å². The molecule has 1 aromatic rings. The van der Waals surface area contributed by atoms with Crippen molar-refractivity contribution in [3.05, 3.63) is 35.9 Å². The molecule has 16 heavy (non-hydrogen) atoms. The van der Waals surface area contributed by atoms with Gasteiger partial charge in [0.25, 0.3) is 0 Å². The number of aliphatic hydroxyl groups is 1. The summed E-state index contributed by atoms with van der Waals surface area (Å²) in [6, 6.07) is 9.13. The molecule has 0 radical (unpaired) electrons. The van der Waals surface area contributed by atoms with Crippen LogP contribution in [0.4, 0.5) is 0 Å². The molecule has 3 nitrogen and oxygen atoms in total. The van der Waals surface area contributed by atoms with Gasteiger partial charge >= 0.3 is 5.97 Å². The van der Waals surface area contributed by atoms with Crippen molar-refractivity contribution in [2.45, 2.75) is 20.0 Å². The first kappa shape index (κ1) is 12.3. The Morgan fingerprint density at radius 3 is 2.38 bits per heavy atom. The van der Waals surface area contributed by atoms with Crippen LogP contribution in [0.5, 0.6) is 0 Å². The monoisotopic (exact) mass is 218 g/mol. The predicted octanol–water partition coefficient (Wildman–Crippen LogP) is 1.51. The first-order valence-electron chi connectivity index (χ1n) is 4.92. The van der Waals surface area contributed by atoms with Crippen LogP contribution in [-0.4, -0.2) is 22.3 Å². The van der Waals surface area contributed by atoms with Gasteiger partial charge in [-0.3, -0.25) is 4.79 Å². The van der Waals surface area contributed by atoms with Crippen LogP contribution in [0.3, 0.4) is 0 Å². The van der Waals surface area contributed by atoms with Gasteiger partial charge in [-0.25, -0.2) is 0 Å². The van der Waals surface area contributed by atoms with Crippen LogP contribution in [0.2, 0.25) is 0 Å². The highest BCUT2D eigenvalue weighted by atomic mass is 16.4. The van der Waals surface area contributed by atoms with Crippen molar-refractivity contribution in [3.63, 3.8) is 0 Å².